The lowest BCUT2D eigenvalue weighted by atomic mass is 10.1. The van der Waals surface area contributed by atoms with Gasteiger partial charge in [0.2, 0.25) is 15.9 Å². The van der Waals surface area contributed by atoms with E-state index < -0.39 is 10.0 Å². The van der Waals surface area contributed by atoms with Crippen LogP contribution in [0.3, 0.4) is 0 Å². The number of halogens is 1. The summed E-state index contributed by atoms with van der Waals surface area (Å²) in [4.78, 5) is 12.0. The third-order valence-electron chi connectivity index (χ3n) is 3.90. The highest BCUT2D eigenvalue weighted by Gasteiger charge is 2.11. The summed E-state index contributed by atoms with van der Waals surface area (Å²) < 4.78 is 26.4. The van der Waals surface area contributed by atoms with Crippen LogP contribution in [0.2, 0.25) is 5.02 Å². The Morgan fingerprint density at radius 1 is 1.19 bits per heavy atom. The van der Waals surface area contributed by atoms with Crippen molar-refractivity contribution >= 4 is 33.6 Å². The van der Waals surface area contributed by atoms with E-state index in [0.717, 1.165) is 22.1 Å². The number of benzene rings is 2. The number of carbonyl (C=O) groups is 1. The maximum atomic E-state index is 12.0. The zero-order valence-electron chi connectivity index (χ0n) is 15.3. The van der Waals surface area contributed by atoms with E-state index in [4.69, 9.17) is 11.6 Å². The fourth-order valence-electron chi connectivity index (χ4n) is 2.37. The van der Waals surface area contributed by atoms with E-state index >= 15 is 0 Å². The molecule has 0 fully saturated rings. The topological polar surface area (TPSA) is 75.3 Å². The maximum absolute atomic E-state index is 12.0. The highest BCUT2D eigenvalue weighted by atomic mass is 35.5. The van der Waals surface area contributed by atoms with Crippen LogP contribution in [0.5, 0.6) is 0 Å². The molecule has 7 heteroatoms. The molecule has 0 aromatic heterocycles. The Kier molecular flexibility index (Phi) is 7.59. The number of carbonyl (C=O) groups excluding carboxylic acids is 1. The molecule has 2 aromatic carbocycles. The van der Waals surface area contributed by atoms with Crippen molar-refractivity contribution in [3.05, 3.63) is 75.7 Å². The van der Waals surface area contributed by atoms with Gasteiger partial charge >= 0.3 is 0 Å². The van der Waals surface area contributed by atoms with Gasteiger partial charge in [-0.2, -0.15) is 0 Å². The van der Waals surface area contributed by atoms with Crippen LogP contribution in [0.4, 0.5) is 0 Å². The van der Waals surface area contributed by atoms with Crippen molar-refractivity contribution in [2.45, 2.75) is 26.3 Å². The van der Waals surface area contributed by atoms with E-state index in [9.17, 15) is 13.2 Å². The first kappa shape index (κ1) is 21.2. The van der Waals surface area contributed by atoms with Crippen LogP contribution in [-0.4, -0.2) is 20.9 Å². The Labute approximate surface area is 165 Å². The number of aryl methyl sites for hydroxylation is 1. The molecule has 0 saturated carbocycles. The summed E-state index contributed by atoms with van der Waals surface area (Å²) in [7, 11) is -3.60. The molecule has 27 heavy (non-hydrogen) atoms. The van der Waals surface area contributed by atoms with Gasteiger partial charge in [-0.05, 0) is 43.2 Å². The van der Waals surface area contributed by atoms with Gasteiger partial charge < -0.3 is 5.32 Å². The Balaban J connectivity index is 1.80. The Morgan fingerprint density at radius 3 is 2.56 bits per heavy atom. The van der Waals surface area contributed by atoms with Crippen molar-refractivity contribution in [1.82, 2.24) is 10.0 Å². The average Bonchev–Trinajstić information content (AvgIpc) is 2.61. The summed E-state index contributed by atoms with van der Waals surface area (Å²) >= 11 is 5.95. The van der Waals surface area contributed by atoms with Gasteiger partial charge in [0.05, 0.1) is 6.04 Å². The molecule has 2 rings (SSSR count). The lowest BCUT2D eigenvalue weighted by Crippen LogP contribution is -2.31. The third-order valence-corrected chi connectivity index (χ3v) is 5.23. The van der Waals surface area contributed by atoms with Gasteiger partial charge in [0.25, 0.3) is 0 Å². The monoisotopic (exact) mass is 406 g/mol. The fourth-order valence-corrected chi connectivity index (χ4v) is 3.39. The molecule has 0 aliphatic heterocycles. The minimum Gasteiger partial charge on any atom is -0.350 e. The van der Waals surface area contributed by atoms with Crippen molar-refractivity contribution in [2.75, 3.05) is 6.54 Å². The van der Waals surface area contributed by atoms with Gasteiger partial charge in [0.15, 0.2) is 0 Å². The van der Waals surface area contributed by atoms with Gasteiger partial charge in [-0.25, -0.2) is 13.1 Å². The molecule has 0 radical (unpaired) electrons. The van der Waals surface area contributed by atoms with Crippen molar-refractivity contribution in [3.8, 4) is 0 Å². The highest BCUT2D eigenvalue weighted by Crippen LogP contribution is 2.17. The second kappa shape index (κ2) is 9.69. The zero-order valence-corrected chi connectivity index (χ0v) is 16.8. The molecule has 5 nitrogen and oxygen atoms in total. The molecular formula is C20H23ClN2O3S. The largest absolute Gasteiger partial charge is 0.350 e. The summed E-state index contributed by atoms with van der Waals surface area (Å²) in [5, 5.41) is 4.52. The summed E-state index contributed by atoms with van der Waals surface area (Å²) in [6.45, 7) is 3.83. The predicted molar refractivity (Wildman–Crippen MR) is 110 cm³/mol. The minimum atomic E-state index is -3.60. The standard InChI is InChI=1S/C20H23ClN2O3S/c1-15-6-8-17(9-7-15)11-13-27(25,26)22-12-10-20(24)23-16(2)18-4-3-5-19(21)14-18/h3-9,11,13-14,16,22H,10,12H2,1-2H3,(H,23,24)/b13-11+/t16-/m0/s1. The van der Waals surface area contributed by atoms with Crippen LogP contribution in [0.1, 0.15) is 36.1 Å². The first-order chi connectivity index (χ1) is 12.7. The smallest absolute Gasteiger partial charge is 0.233 e. The zero-order chi connectivity index (χ0) is 19.9. The first-order valence-corrected chi connectivity index (χ1v) is 10.5. The van der Waals surface area contributed by atoms with Crippen LogP contribution < -0.4 is 10.0 Å². The molecule has 0 aliphatic carbocycles. The molecule has 0 spiro atoms. The van der Waals surface area contributed by atoms with E-state index in [2.05, 4.69) is 10.0 Å². The summed E-state index contributed by atoms with van der Waals surface area (Å²) in [6, 6.07) is 14.5. The number of hydrogen-bond acceptors (Lipinski definition) is 3. The summed E-state index contributed by atoms with van der Waals surface area (Å²) in [5.74, 6) is -0.243. The van der Waals surface area contributed by atoms with E-state index in [1.54, 1.807) is 12.1 Å². The molecule has 1 atom stereocenters. The highest BCUT2D eigenvalue weighted by molar-refractivity contribution is 7.92. The van der Waals surface area contributed by atoms with Crippen molar-refractivity contribution in [2.24, 2.45) is 0 Å². The van der Waals surface area contributed by atoms with Crippen molar-refractivity contribution < 1.29 is 13.2 Å². The molecule has 0 bridgehead atoms. The number of amides is 1. The normalized spacial score (nSPS) is 12.9. The van der Waals surface area contributed by atoms with Crippen LogP contribution in [-0.2, 0) is 14.8 Å². The number of rotatable bonds is 8. The molecule has 0 saturated heterocycles. The molecule has 0 unspecified atom stereocenters. The van der Waals surface area contributed by atoms with Crippen LogP contribution in [0, 0.1) is 6.92 Å². The van der Waals surface area contributed by atoms with E-state index in [-0.39, 0.29) is 24.9 Å². The van der Waals surface area contributed by atoms with Crippen LogP contribution in [0.25, 0.3) is 6.08 Å². The second-order valence-corrected chi connectivity index (χ2v) is 8.33. The van der Waals surface area contributed by atoms with Crippen LogP contribution >= 0.6 is 11.6 Å². The number of sulfonamides is 1. The fraction of sp³-hybridized carbons (Fsp3) is 0.250. The molecule has 0 aliphatic rings. The number of nitrogens with one attached hydrogen (secondary N) is 2. The quantitative estimate of drug-likeness (QED) is 0.700. The van der Waals surface area contributed by atoms with Gasteiger partial charge in [0, 0.05) is 23.4 Å². The lowest BCUT2D eigenvalue weighted by Gasteiger charge is -2.14. The second-order valence-electron chi connectivity index (χ2n) is 6.25. The van der Waals surface area contributed by atoms with Gasteiger partial charge in [-0.3, -0.25) is 4.79 Å². The Morgan fingerprint density at radius 2 is 1.89 bits per heavy atom. The summed E-state index contributed by atoms with van der Waals surface area (Å²) in [5.41, 5.74) is 2.78. The van der Waals surface area contributed by atoms with Crippen molar-refractivity contribution in [3.63, 3.8) is 0 Å². The molecular weight excluding hydrogens is 384 g/mol. The number of hydrogen-bond donors (Lipinski definition) is 2. The SMILES string of the molecule is Cc1ccc(/C=C/S(=O)(=O)NCCC(=O)N[C@@H](C)c2cccc(Cl)c2)cc1. The Hall–Kier alpha value is -2.15. The summed E-state index contributed by atoms with van der Waals surface area (Å²) in [6.07, 6.45) is 1.56. The average molecular weight is 407 g/mol. The minimum absolute atomic E-state index is 0.0225. The van der Waals surface area contributed by atoms with E-state index in [1.165, 1.54) is 6.08 Å². The Bertz CT molecular complexity index is 909. The molecule has 144 valence electrons. The van der Waals surface area contributed by atoms with E-state index in [1.807, 2.05) is 50.2 Å². The van der Waals surface area contributed by atoms with Gasteiger partial charge in [0.1, 0.15) is 0 Å². The molecule has 1 amide bonds. The predicted octanol–water partition coefficient (Wildman–Crippen LogP) is 3.81. The maximum Gasteiger partial charge on any atom is 0.233 e. The van der Waals surface area contributed by atoms with Gasteiger partial charge in [-0.15, -0.1) is 0 Å². The van der Waals surface area contributed by atoms with Gasteiger partial charge in [-0.1, -0.05) is 53.6 Å². The van der Waals surface area contributed by atoms with E-state index in [0.29, 0.717) is 5.02 Å². The molecule has 0 heterocycles. The molecule has 2 N–H and O–H groups in total. The lowest BCUT2D eigenvalue weighted by molar-refractivity contribution is -0.121. The molecule has 2 aromatic rings. The van der Waals surface area contributed by atoms with Crippen molar-refractivity contribution in [1.29, 1.82) is 0 Å². The third kappa shape index (κ3) is 7.54. The first-order valence-electron chi connectivity index (χ1n) is 8.54. The van der Waals surface area contributed by atoms with Crippen LogP contribution in [0.15, 0.2) is 53.9 Å².